The fourth-order valence-corrected chi connectivity index (χ4v) is 4.26. The van der Waals surface area contributed by atoms with Crippen molar-refractivity contribution in [1.29, 1.82) is 0 Å². The van der Waals surface area contributed by atoms with Gasteiger partial charge in [0.1, 0.15) is 5.75 Å². The Kier molecular flexibility index (Phi) is 7.36. The number of amides is 3. The van der Waals surface area contributed by atoms with Gasteiger partial charge in [-0.3, -0.25) is 14.4 Å². The number of para-hydroxylation sites is 1. The summed E-state index contributed by atoms with van der Waals surface area (Å²) in [6.07, 6.45) is 0.0853. The van der Waals surface area contributed by atoms with E-state index in [0.717, 1.165) is 11.1 Å². The summed E-state index contributed by atoms with van der Waals surface area (Å²) in [6.45, 7) is 2.40. The number of nitrogens with one attached hydrogen (secondary N) is 2. The summed E-state index contributed by atoms with van der Waals surface area (Å²) in [6, 6.07) is 19.6. The summed E-state index contributed by atoms with van der Waals surface area (Å²) in [5, 5.41) is 6.29. The van der Waals surface area contributed by atoms with Gasteiger partial charge in [-0.2, -0.15) is 0 Å². The molecule has 1 aliphatic heterocycles. The minimum atomic E-state index is -0.547. The van der Waals surface area contributed by atoms with Crippen LogP contribution in [0.15, 0.2) is 66.7 Å². The molecule has 3 amide bonds. The molecule has 4 rings (SSSR count). The van der Waals surface area contributed by atoms with E-state index in [1.807, 2.05) is 37.3 Å². The highest BCUT2D eigenvalue weighted by Crippen LogP contribution is 2.32. The molecule has 180 valence electrons. The number of rotatable bonds is 7. The Bertz CT molecular complexity index is 1280. The van der Waals surface area contributed by atoms with Crippen LogP contribution in [0.3, 0.4) is 0 Å². The van der Waals surface area contributed by atoms with Gasteiger partial charge in [-0.15, -0.1) is 0 Å². The van der Waals surface area contributed by atoms with E-state index < -0.39 is 5.92 Å². The van der Waals surface area contributed by atoms with Crippen LogP contribution in [0.5, 0.6) is 5.75 Å². The predicted octanol–water partition coefficient (Wildman–Crippen LogP) is 4.58. The zero-order chi connectivity index (χ0) is 24.9. The summed E-state index contributed by atoms with van der Waals surface area (Å²) in [7, 11) is 1.59. The summed E-state index contributed by atoms with van der Waals surface area (Å²) in [5.74, 6) is -0.609. The quantitative estimate of drug-likeness (QED) is 0.506. The maximum Gasteiger partial charge on any atom is 0.253 e. The number of ether oxygens (including phenoxy) is 1. The Labute approximate surface area is 209 Å². The second kappa shape index (κ2) is 10.6. The van der Waals surface area contributed by atoms with Crippen LogP contribution < -0.4 is 20.3 Å². The number of hydrogen-bond acceptors (Lipinski definition) is 4. The Balaban J connectivity index is 1.43. The van der Waals surface area contributed by atoms with Crippen molar-refractivity contribution >= 4 is 40.7 Å². The molecule has 0 spiro atoms. The van der Waals surface area contributed by atoms with Gasteiger partial charge in [0, 0.05) is 30.2 Å². The third-order valence-corrected chi connectivity index (χ3v) is 6.45. The average molecular weight is 492 g/mol. The number of anilines is 2. The first-order chi connectivity index (χ1) is 16.9. The molecule has 3 aromatic carbocycles. The fourth-order valence-electron chi connectivity index (χ4n) is 4.09. The van der Waals surface area contributed by atoms with E-state index in [0.29, 0.717) is 34.3 Å². The van der Waals surface area contributed by atoms with E-state index in [9.17, 15) is 14.4 Å². The molecule has 2 N–H and O–H groups in total. The number of nitrogens with zero attached hydrogens (tertiary/aromatic N) is 1. The highest BCUT2D eigenvalue weighted by Gasteiger charge is 2.36. The lowest BCUT2D eigenvalue weighted by atomic mass is 10.1. The lowest BCUT2D eigenvalue weighted by Crippen LogP contribution is -2.29. The van der Waals surface area contributed by atoms with Crippen LogP contribution >= 0.6 is 11.6 Å². The average Bonchev–Trinajstić information content (AvgIpc) is 3.26. The second-order valence-electron chi connectivity index (χ2n) is 8.36. The SMILES string of the molecule is COc1cccc(CNC(=O)c2ccccc2NC(=O)[C@@H]2CC(=O)N(c3cccc(Cl)c3C)C2)c1. The summed E-state index contributed by atoms with van der Waals surface area (Å²) in [4.78, 5) is 40.2. The molecule has 1 atom stereocenters. The first-order valence-corrected chi connectivity index (χ1v) is 11.6. The Hall–Kier alpha value is -3.84. The smallest absolute Gasteiger partial charge is 0.253 e. The Morgan fingerprint density at radius 3 is 2.66 bits per heavy atom. The van der Waals surface area contributed by atoms with Crippen molar-refractivity contribution in [1.82, 2.24) is 5.32 Å². The molecule has 1 aliphatic rings. The molecule has 1 saturated heterocycles. The van der Waals surface area contributed by atoms with Gasteiger partial charge >= 0.3 is 0 Å². The van der Waals surface area contributed by atoms with Crippen LogP contribution in [0, 0.1) is 12.8 Å². The molecule has 0 bridgehead atoms. The Morgan fingerprint density at radius 2 is 1.86 bits per heavy atom. The zero-order valence-corrected chi connectivity index (χ0v) is 20.3. The number of benzene rings is 3. The van der Waals surface area contributed by atoms with Crippen molar-refractivity contribution in [3.63, 3.8) is 0 Å². The van der Waals surface area contributed by atoms with Crippen molar-refractivity contribution < 1.29 is 19.1 Å². The van der Waals surface area contributed by atoms with Crippen LogP contribution in [0.1, 0.15) is 27.9 Å². The topological polar surface area (TPSA) is 87.7 Å². The van der Waals surface area contributed by atoms with Crippen LogP contribution in [0.25, 0.3) is 0 Å². The molecule has 35 heavy (non-hydrogen) atoms. The lowest BCUT2D eigenvalue weighted by molar-refractivity contribution is -0.122. The van der Waals surface area contributed by atoms with Crippen molar-refractivity contribution in [2.75, 3.05) is 23.9 Å². The van der Waals surface area contributed by atoms with E-state index >= 15 is 0 Å². The van der Waals surface area contributed by atoms with E-state index in [2.05, 4.69) is 10.6 Å². The molecule has 0 aromatic heterocycles. The summed E-state index contributed by atoms with van der Waals surface area (Å²) >= 11 is 6.21. The molecule has 8 heteroatoms. The molecule has 0 radical (unpaired) electrons. The maximum absolute atomic E-state index is 13.1. The number of carbonyl (C=O) groups is 3. The van der Waals surface area contributed by atoms with Gasteiger partial charge in [0.05, 0.1) is 24.3 Å². The highest BCUT2D eigenvalue weighted by atomic mass is 35.5. The van der Waals surface area contributed by atoms with E-state index in [-0.39, 0.29) is 30.7 Å². The Morgan fingerprint density at radius 1 is 1.09 bits per heavy atom. The van der Waals surface area contributed by atoms with Gasteiger partial charge in [0.2, 0.25) is 11.8 Å². The third-order valence-electron chi connectivity index (χ3n) is 6.04. The first kappa shape index (κ1) is 24.3. The summed E-state index contributed by atoms with van der Waals surface area (Å²) < 4.78 is 5.22. The van der Waals surface area contributed by atoms with Crippen LogP contribution in [-0.2, 0) is 16.1 Å². The normalized spacial score (nSPS) is 15.1. The van der Waals surface area contributed by atoms with E-state index in [4.69, 9.17) is 16.3 Å². The number of hydrogen-bond donors (Lipinski definition) is 2. The molecule has 1 heterocycles. The van der Waals surface area contributed by atoms with Crippen molar-refractivity contribution in [3.05, 3.63) is 88.4 Å². The van der Waals surface area contributed by atoms with Crippen molar-refractivity contribution in [3.8, 4) is 5.75 Å². The van der Waals surface area contributed by atoms with Crippen LogP contribution in [0.4, 0.5) is 11.4 Å². The highest BCUT2D eigenvalue weighted by molar-refractivity contribution is 6.31. The number of halogens is 1. The molecule has 3 aromatic rings. The predicted molar refractivity (Wildman–Crippen MR) is 136 cm³/mol. The van der Waals surface area contributed by atoms with Crippen LogP contribution in [0.2, 0.25) is 5.02 Å². The number of carbonyl (C=O) groups excluding carboxylic acids is 3. The molecular weight excluding hydrogens is 466 g/mol. The molecule has 7 nitrogen and oxygen atoms in total. The van der Waals surface area contributed by atoms with E-state index in [1.165, 1.54) is 0 Å². The van der Waals surface area contributed by atoms with Gasteiger partial charge < -0.3 is 20.3 Å². The van der Waals surface area contributed by atoms with Crippen molar-refractivity contribution in [2.24, 2.45) is 5.92 Å². The van der Waals surface area contributed by atoms with Gasteiger partial charge in [-0.05, 0) is 54.4 Å². The standard InChI is InChI=1S/C27H26ClN3O4/c1-17-22(28)10-6-12-24(17)31-16-19(14-25(31)32)26(33)30-23-11-4-3-9-21(23)27(34)29-15-18-7-5-8-20(13-18)35-2/h3-13,19H,14-16H2,1-2H3,(H,29,34)(H,30,33)/t19-/m1/s1. The second-order valence-corrected chi connectivity index (χ2v) is 8.77. The molecular formula is C27H26ClN3O4. The van der Waals surface area contributed by atoms with Gasteiger partial charge in [0.15, 0.2) is 0 Å². The molecule has 1 fully saturated rings. The number of methoxy groups -OCH3 is 1. The van der Waals surface area contributed by atoms with Gasteiger partial charge in [-0.1, -0.05) is 41.9 Å². The van der Waals surface area contributed by atoms with E-state index in [1.54, 1.807) is 48.4 Å². The minimum Gasteiger partial charge on any atom is -0.497 e. The zero-order valence-electron chi connectivity index (χ0n) is 19.5. The lowest BCUT2D eigenvalue weighted by Gasteiger charge is -2.20. The van der Waals surface area contributed by atoms with Gasteiger partial charge in [0.25, 0.3) is 5.91 Å². The summed E-state index contributed by atoms with van der Waals surface area (Å²) in [5.41, 5.74) is 3.12. The van der Waals surface area contributed by atoms with Gasteiger partial charge in [-0.25, -0.2) is 0 Å². The van der Waals surface area contributed by atoms with Crippen LogP contribution in [-0.4, -0.2) is 31.4 Å². The van der Waals surface area contributed by atoms with Crippen molar-refractivity contribution in [2.45, 2.75) is 19.9 Å². The monoisotopic (exact) mass is 491 g/mol. The largest absolute Gasteiger partial charge is 0.497 e. The maximum atomic E-state index is 13.1. The molecule has 0 saturated carbocycles. The minimum absolute atomic E-state index is 0.0853. The first-order valence-electron chi connectivity index (χ1n) is 11.2. The molecule has 0 aliphatic carbocycles. The third kappa shape index (κ3) is 5.46. The molecule has 0 unspecified atom stereocenters. The fraction of sp³-hybridized carbons (Fsp3) is 0.222.